The Kier molecular flexibility index (Phi) is 4.16. The summed E-state index contributed by atoms with van der Waals surface area (Å²) in [7, 11) is 0. The molecule has 0 radical (unpaired) electrons. The Bertz CT molecular complexity index is 554. The van der Waals surface area contributed by atoms with Crippen molar-refractivity contribution in [1.29, 1.82) is 0 Å². The second-order valence-corrected chi connectivity index (χ2v) is 5.02. The highest BCUT2D eigenvalue weighted by atomic mass is 32.1. The van der Waals surface area contributed by atoms with E-state index >= 15 is 0 Å². The van der Waals surface area contributed by atoms with Gasteiger partial charge in [0.05, 0.1) is 4.88 Å². The number of aryl methyl sites for hydroxylation is 1. The van der Waals surface area contributed by atoms with Gasteiger partial charge in [0, 0.05) is 17.7 Å². The number of hydrogen-bond donors (Lipinski definition) is 1. The van der Waals surface area contributed by atoms with Gasteiger partial charge in [0.2, 0.25) is 0 Å². The third-order valence-electron chi connectivity index (χ3n) is 2.41. The SMILES string of the molecule is OCCCc1ccc(-c2nccc(C(F)(F)F)n2)s1. The Morgan fingerprint density at radius 2 is 2.00 bits per heavy atom. The van der Waals surface area contributed by atoms with Gasteiger partial charge < -0.3 is 5.11 Å². The largest absolute Gasteiger partial charge is 0.433 e. The molecule has 2 rings (SSSR count). The molecule has 0 aliphatic heterocycles. The molecule has 19 heavy (non-hydrogen) atoms. The highest BCUT2D eigenvalue weighted by molar-refractivity contribution is 7.15. The molecule has 2 aromatic heterocycles. The van der Waals surface area contributed by atoms with E-state index in [1.54, 1.807) is 6.07 Å². The van der Waals surface area contributed by atoms with Crippen molar-refractivity contribution in [3.8, 4) is 10.7 Å². The first kappa shape index (κ1) is 14.0. The maximum absolute atomic E-state index is 12.5. The van der Waals surface area contributed by atoms with Crippen LogP contribution in [0.3, 0.4) is 0 Å². The number of halogens is 3. The lowest BCUT2D eigenvalue weighted by Crippen LogP contribution is -2.08. The maximum atomic E-state index is 12.5. The van der Waals surface area contributed by atoms with E-state index in [0.29, 0.717) is 17.7 Å². The van der Waals surface area contributed by atoms with Gasteiger partial charge in [-0.05, 0) is 31.0 Å². The minimum Gasteiger partial charge on any atom is -0.396 e. The van der Waals surface area contributed by atoms with Crippen LogP contribution in [0.1, 0.15) is 17.0 Å². The molecular formula is C12H11F3N2OS. The van der Waals surface area contributed by atoms with Crippen LogP contribution >= 0.6 is 11.3 Å². The third kappa shape index (κ3) is 3.51. The maximum Gasteiger partial charge on any atom is 0.433 e. The number of rotatable bonds is 4. The van der Waals surface area contributed by atoms with Gasteiger partial charge in [-0.3, -0.25) is 0 Å². The fraction of sp³-hybridized carbons (Fsp3) is 0.333. The molecule has 0 fully saturated rings. The van der Waals surface area contributed by atoms with Crippen LogP contribution in [0.25, 0.3) is 10.7 Å². The fourth-order valence-electron chi connectivity index (χ4n) is 1.52. The van der Waals surface area contributed by atoms with Crippen molar-refractivity contribution in [1.82, 2.24) is 9.97 Å². The monoisotopic (exact) mass is 288 g/mol. The molecule has 2 aromatic rings. The Hall–Kier alpha value is -1.47. The molecule has 3 nitrogen and oxygen atoms in total. The van der Waals surface area contributed by atoms with Gasteiger partial charge in [0.25, 0.3) is 0 Å². The standard InChI is InChI=1S/C12H11F3N2OS/c13-12(14,15)10-5-6-16-11(17-10)9-4-3-8(19-9)2-1-7-18/h3-6,18H,1-2,7H2. The summed E-state index contributed by atoms with van der Waals surface area (Å²) in [6.07, 6.45) is -2.03. The van der Waals surface area contributed by atoms with Crippen LogP contribution in [0.5, 0.6) is 0 Å². The molecule has 0 amide bonds. The lowest BCUT2D eigenvalue weighted by molar-refractivity contribution is -0.141. The number of thiophene rings is 1. The summed E-state index contributed by atoms with van der Waals surface area (Å²) >= 11 is 1.34. The summed E-state index contributed by atoms with van der Waals surface area (Å²) in [6.45, 7) is 0.0906. The van der Waals surface area contributed by atoms with E-state index in [1.807, 2.05) is 6.07 Å². The predicted octanol–water partition coefficient (Wildman–Crippen LogP) is 3.15. The second-order valence-electron chi connectivity index (χ2n) is 3.86. The van der Waals surface area contributed by atoms with Crippen molar-refractivity contribution in [2.45, 2.75) is 19.0 Å². The minimum atomic E-state index is -4.46. The van der Waals surface area contributed by atoms with Crippen LogP contribution in [0, 0.1) is 0 Å². The summed E-state index contributed by atoms with van der Waals surface area (Å²) in [6, 6.07) is 4.37. The lowest BCUT2D eigenvalue weighted by Gasteiger charge is -2.05. The first-order valence-electron chi connectivity index (χ1n) is 5.61. The highest BCUT2D eigenvalue weighted by Crippen LogP contribution is 2.30. The topological polar surface area (TPSA) is 46.0 Å². The van der Waals surface area contributed by atoms with Crippen molar-refractivity contribution >= 4 is 11.3 Å². The molecule has 0 bridgehead atoms. The van der Waals surface area contributed by atoms with E-state index in [1.165, 1.54) is 11.3 Å². The van der Waals surface area contributed by atoms with Gasteiger partial charge in [-0.25, -0.2) is 9.97 Å². The molecule has 0 aliphatic rings. The summed E-state index contributed by atoms with van der Waals surface area (Å²) in [5.41, 5.74) is -0.942. The van der Waals surface area contributed by atoms with Crippen molar-refractivity contribution in [3.63, 3.8) is 0 Å². The van der Waals surface area contributed by atoms with E-state index in [9.17, 15) is 13.2 Å². The quantitative estimate of drug-likeness (QED) is 0.940. The molecule has 102 valence electrons. The van der Waals surface area contributed by atoms with E-state index in [0.717, 1.165) is 17.1 Å². The van der Waals surface area contributed by atoms with Gasteiger partial charge >= 0.3 is 6.18 Å². The first-order valence-corrected chi connectivity index (χ1v) is 6.42. The first-order chi connectivity index (χ1) is 9.00. The minimum absolute atomic E-state index is 0.0788. The number of alkyl halides is 3. The van der Waals surface area contributed by atoms with Crippen LogP contribution in [0.15, 0.2) is 24.4 Å². The van der Waals surface area contributed by atoms with Gasteiger partial charge in [0.15, 0.2) is 5.82 Å². The molecule has 0 saturated carbocycles. The zero-order valence-corrected chi connectivity index (χ0v) is 10.6. The van der Waals surface area contributed by atoms with E-state index < -0.39 is 11.9 Å². The molecule has 1 N–H and O–H groups in total. The Morgan fingerprint density at radius 3 is 2.68 bits per heavy atom. The average molecular weight is 288 g/mol. The number of aliphatic hydroxyl groups is 1. The lowest BCUT2D eigenvalue weighted by atomic mass is 10.3. The molecule has 0 aromatic carbocycles. The summed E-state index contributed by atoms with van der Waals surface area (Å²) in [4.78, 5) is 8.99. The number of hydrogen-bond acceptors (Lipinski definition) is 4. The zero-order valence-electron chi connectivity index (χ0n) is 9.81. The van der Waals surface area contributed by atoms with Gasteiger partial charge in [-0.1, -0.05) is 0 Å². The molecule has 0 unspecified atom stereocenters. The molecule has 0 spiro atoms. The molecule has 0 atom stereocenters. The average Bonchev–Trinajstić information content (AvgIpc) is 2.84. The van der Waals surface area contributed by atoms with Crippen LogP contribution in [0.2, 0.25) is 0 Å². The third-order valence-corrected chi connectivity index (χ3v) is 3.55. The van der Waals surface area contributed by atoms with Crippen LogP contribution in [-0.2, 0) is 12.6 Å². The zero-order chi connectivity index (χ0) is 13.9. The molecular weight excluding hydrogens is 277 g/mol. The Balaban J connectivity index is 2.24. The predicted molar refractivity (Wildman–Crippen MR) is 65.8 cm³/mol. The van der Waals surface area contributed by atoms with Crippen molar-refractivity contribution in [3.05, 3.63) is 35.0 Å². The Labute approximate surface area is 111 Å². The normalized spacial score (nSPS) is 11.8. The molecule has 2 heterocycles. The van der Waals surface area contributed by atoms with Gasteiger partial charge in [-0.15, -0.1) is 11.3 Å². The van der Waals surface area contributed by atoms with Crippen LogP contribution in [-0.4, -0.2) is 21.7 Å². The molecule has 7 heteroatoms. The van der Waals surface area contributed by atoms with Gasteiger partial charge in [0.1, 0.15) is 5.69 Å². The Morgan fingerprint density at radius 1 is 1.21 bits per heavy atom. The summed E-state index contributed by atoms with van der Waals surface area (Å²) in [5.74, 6) is 0.0788. The smallest absolute Gasteiger partial charge is 0.396 e. The van der Waals surface area contributed by atoms with Gasteiger partial charge in [-0.2, -0.15) is 13.2 Å². The van der Waals surface area contributed by atoms with E-state index in [-0.39, 0.29) is 12.4 Å². The number of aromatic nitrogens is 2. The van der Waals surface area contributed by atoms with E-state index in [2.05, 4.69) is 9.97 Å². The van der Waals surface area contributed by atoms with Crippen molar-refractivity contribution in [2.24, 2.45) is 0 Å². The molecule has 0 saturated heterocycles. The van der Waals surface area contributed by atoms with Crippen molar-refractivity contribution in [2.75, 3.05) is 6.61 Å². The second kappa shape index (κ2) is 5.66. The van der Waals surface area contributed by atoms with Crippen LogP contribution < -0.4 is 0 Å². The number of nitrogens with zero attached hydrogens (tertiary/aromatic N) is 2. The summed E-state index contributed by atoms with van der Waals surface area (Å²) < 4.78 is 37.6. The van der Waals surface area contributed by atoms with Crippen LogP contribution in [0.4, 0.5) is 13.2 Å². The van der Waals surface area contributed by atoms with Crippen molar-refractivity contribution < 1.29 is 18.3 Å². The molecule has 0 aliphatic carbocycles. The fourth-order valence-corrected chi connectivity index (χ4v) is 2.51. The summed E-state index contributed by atoms with van der Waals surface area (Å²) in [5, 5.41) is 8.73. The highest BCUT2D eigenvalue weighted by Gasteiger charge is 2.32. The van der Waals surface area contributed by atoms with E-state index in [4.69, 9.17) is 5.11 Å². The number of aliphatic hydroxyl groups excluding tert-OH is 1.